The number of benzene rings is 2. The van der Waals surface area contributed by atoms with Crippen LogP contribution in [0, 0.1) is 0 Å². The molecule has 1 saturated heterocycles. The molecule has 6 nitrogen and oxygen atoms in total. The molecule has 0 bridgehead atoms. The van der Waals surface area contributed by atoms with Gasteiger partial charge >= 0.3 is 10.2 Å². The first-order chi connectivity index (χ1) is 12.9. The Morgan fingerprint density at radius 1 is 1.15 bits per heavy atom. The molecule has 27 heavy (non-hydrogen) atoms. The van der Waals surface area contributed by atoms with Crippen LogP contribution in [0.2, 0.25) is 0 Å². The number of hydrogen-bond donors (Lipinski definition) is 0. The molecule has 8 heteroatoms. The number of carbonyl (C=O) groups is 1. The second-order valence-corrected chi connectivity index (χ2v) is 7.84. The first-order valence-electron chi connectivity index (χ1n) is 8.65. The second-order valence-electron chi connectivity index (χ2n) is 6.50. The number of piperidine rings is 1. The Balaban J connectivity index is 1.69. The van der Waals surface area contributed by atoms with Gasteiger partial charge < -0.3 is 9.32 Å². The lowest BCUT2D eigenvalue weighted by molar-refractivity contribution is 0.0574. The normalized spacial score (nSPS) is 18.0. The summed E-state index contributed by atoms with van der Waals surface area (Å²) in [4.78, 5) is 18.6. The number of halogens is 1. The van der Waals surface area contributed by atoms with Gasteiger partial charge in [-0.15, -0.1) is 3.89 Å². The van der Waals surface area contributed by atoms with Crippen LogP contribution in [0.15, 0.2) is 57.8 Å². The van der Waals surface area contributed by atoms with Crippen LogP contribution in [0.5, 0.6) is 0 Å². The van der Waals surface area contributed by atoms with E-state index in [0.717, 1.165) is 30.5 Å². The Morgan fingerprint density at radius 2 is 1.96 bits per heavy atom. The van der Waals surface area contributed by atoms with Gasteiger partial charge in [-0.05, 0) is 49.6 Å². The molecule has 1 unspecified atom stereocenters. The monoisotopic (exact) mass is 388 g/mol. The maximum atomic E-state index is 13.3. The molecule has 1 atom stereocenters. The summed E-state index contributed by atoms with van der Waals surface area (Å²) < 4.78 is 41.4. The molecule has 1 fully saturated rings. The van der Waals surface area contributed by atoms with Gasteiger partial charge in [0.25, 0.3) is 5.91 Å². The Kier molecular flexibility index (Phi) is 4.43. The van der Waals surface area contributed by atoms with Gasteiger partial charge in [0.15, 0.2) is 5.58 Å². The van der Waals surface area contributed by atoms with Crippen molar-refractivity contribution in [2.75, 3.05) is 6.54 Å². The highest BCUT2D eigenvalue weighted by Crippen LogP contribution is 2.33. The molecule has 3 aromatic rings. The van der Waals surface area contributed by atoms with Crippen molar-refractivity contribution in [2.45, 2.75) is 30.2 Å². The lowest BCUT2D eigenvalue weighted by Crippen LogP contribution is -2.38. The van der Waals surface area contributed by atoms with Gasteiger partial charge in [0.2, 0.25) is 5.89 Å². The number of oxazole rings is 1. The van der Waals surface area contributed by atoms with Crippen LogP contribution in [0.3, 0.4) is 0 Å². The highest BCUT2D eigenvalue weighted by atomic mass is 32.3. The third kappa shape index (κ3) is 3.44. The van der Waals surface area contributed by atoms with Crippen LogP contribution in [0.1, 0.15) is 41.6 Å². The van der Waals surface area contributed by atoms with Gasteiger partial charge in [0.05, 0.1) is 4.90 Å². The number of likely N-dealkylation sites (tertiary alicyclic amines) is 1. The molecular weight excluding hydrogens is 371 g/mol. The number of aromatic nitrogens is 1. The fourth-order valence-electron chi connectivity index (χ4n) is 3.41. The Labute approximate surface area is 155 Å². The molecule has 0 radical (unpaired) electrons. The lowest BCUT2D eigenvalue weighted by atomic mass is 10.0. The minimum atomic E-state index is -4.87. The van der Waals surface area contributed by atoms with Crippen molar-refractivity contribution in [2.24, 2.45) is 0 Å². The van der Waals surface area contributed by atoms with Gasteiger partial charge in [0.1, 0.15) is 11.6 Å². The molecule has 4 rings (SSSR count). The van der Waals surface area contributed by atoms with Crippen LogP contribution in [-0.4, -0.2) is 30.8 Å². The van der Waals surface area contributed by atoms with Gasteiger partial charge in [-0.2, -0.15) is 8.42 Å². The maximum absolute atomic E-state index is 13.3. The fourth-order valence-corrected chi connectivity index (χ4v) is 3.92. The molecule has 1 aromatic heterocycles. The van der Waals surface area contributed by atoms with Gasteiger partial charge in [0, 0.05) is 12.1 Å². The van der Waals surface area contributed by atoms with E-state index in [1.807, 2.05) is 24.3 Å². The van der Waals surface area contributed by atoms with E-state index in [4.69, 9.17) is 4.42 Å². The number of para-hydroxylation sites is 2. The summed E-state index contributed by atoms with van der Waals surface area (Å²) in [6.45, 7) is 0.495. The molecule has 2 heterocycles. The van der Waals surface area contributed by atoms with Crippen molar-refractivity contribution in [1.29, 1.82) is 0 Å². The minimum absolute atomic E-state index is 0.122. The zero-order valence-electron chi connectivity index (χ0n) is 14.3. The van der Waals surface area contributed by atoms with Crippen LogP contribution in [0.4, 0.5) is 3.89 Å². The SMILES string of the molecule is O=C(c1cccc(S(=O)(=O)F)c1)N1CCCCC1c1nc2ccccc2o1. The van der Waals surface area contributed by atoms with Crippen molar-refractivity contribution in [3.63, 3.8) is 0 Å². The summed E-state index contributed by atoms with van der Waals surface area (Å²) >= 11 is 0. The van der Waals surface area contributed by atoms with E-state index in [0.29, 0.717) is 24.4 Å². The summed E-state index contributed by atoms with van der Waals surface area (Å²) in [5, 5.41) is 0. The van der Waals surface area contributed by atoms with Crippen LogP contribution in [-0.2, 0) is 10.2 Å². The van der Waals surface area contributed by atoms with E-state index in [1.54, 1.807) is 4.90 Å². The van der Waals surface area contributed by atoms with Gasteiger partial charge in [-0.3, -0.25) is 4.79 Å². The number of amides is 1. The van der Waals surface area contributed by atoms with Crippen LogP contribution >= 0.6 is 0 Å². The average molecular weight is 388 g/mol. The summed E-state index contributed by atoms with van der Waals surface area (Å²) in [6.07, 6.45) is 2.44. The van der Waals surface area contributed by atoms with E-state index >= 15 is 0 Å². The molecule has 0 saturated carbocycles. The molecule has 1 amide bonds. The van der Waals surface area contributed by atoms with E-state index in [9.17, 15) is 17.1 Å². The van der Waals surface area contributed by atoms with E-state index in [2.05, 4.69) is 4.98 Å². The predicted molar refractivity (Wildman–Crippen MR) is 96.4 cm³/mol. The van der Waals surface area contributed by atoms with E-state index < -0.39 is 15.1 Å². The largest absolute Gasteiger partial charge is 0.438 e. The summed E-state index contributed by atoms with van der Waals surface area (Å²) in [6, 6.07) is 12.1. The van der Waals surface area contributed by atoms with Crippen molar-refractivity contribution in [1.82, 2.24) is 9.88 Å². The van der Waals surface area contributed by atoms with Crippen molar-refractivity contribution in [3.05, 3.63) is 60.0 Å². The molecule has 0 spiro atoms. The molecule has 0 N–H and O–H groups in total. The molecule has 1 aliphatic heterocycles. The zero-order valence-corrected chi connectivity index (χ0v) is 15.2. The minimum Gasteiger partial charge on any atom is -0.438 e. The molecule has 140 valence electrons. The number of nitrogens with zero attached hydrogens (tertiary/aromatic N) is 2. The quantitative estimate of drug-likeness (QED) is 0.637. The molecule has 0 aliphatic carbocycles. The van der Waals surface area contributed by atoms with E-state index in [-0.39, 0.29) is 17.5 Å². The highest BCUT2D eigenvalue weighted by Gasteiger charge is 2.32. The Bertz CT molecular complexity index is 1080. The van der Waals surface area contributed by atoms with Gasteiger partial charge in [-0.25, -0.2) is 4.98 Å². The first kappa shape index (κ1) is 17.7. The molecule has 1 aliphatic rings. The number of carbonyl (C=O) groups excluding carboxylic acids is 1. The zero-order chi connectivity index (χ0) is 19.0. The van der Waals surface area contributed by atoms with Crippen LogP contribution < -0.4 is 0 Å². The summed E-state index contributed by atoms with van der Waals surface area (Å²) in [5.41, 5.74) is 1.49. The predicted octanol–water partition coefficient (Wildman–Crippen LogP) is 3.85. The van der Waals surface area contributed by atoms with E-state index in [1.165, 1.54) is 12.1 Å². The average Bonchev–Trinajstić information content (AvgIpc) is 3.11. The van der Waals surface area contributed by atoms with Crippen molar-refractivity contribution in [3.8, 4) is 0 Å². The number of hydrogen-bond acceptors (Lipinski definition) is 5. The maximum Gasteiger partial charge on any atom is 0.332 e. The third-order valence-corrected chi connectivity index (χ3v) is 5.54. The Hall–Kier alpha value is -2.74. The van der Waals surface area contributed by atoms with Crippen molar-refractivity contribution >= 4 is 27.2 Å². The fraction of sp³-hybridized carbons (Fsp3) is 0.263. The first-order valence-corrected chi connectivity index (χ1v) is 10.0. The standard InChI is InChI=1S/C19H17FN2O4S/c20-27(24,25)14-7-5-6-13(12-14)19(23)22-11-4-3-9-16(22)18-21-15-8-1-2-10-17(15)26-18/h1-2,5-8,10,12,16H,3-4,9,11H2. The second kappa shape index (κ2) is 6.77. The topological polar surface area (TPSA) is 80.5 Å². The number of rotatable bonds is 3. The number of fused-ring (bicyclic) bond motifs is 1. The highest BCUT2D eigenvalue weighted by molar-refractivity contribution is 7.86. The smallest absolute Gasteiger partial charge is 0.332 e. The third-order valence-electron chi connectivity index (χ3n) is 4.72. The lowest BCUT2D eigenvalue weighted by Gasteiger charge is -2.33. The van der Waals surface area contributed by atoms with Crippen LogP contribution in [0.25, 0.3) is 11.1 Å². The molecular formula is C19H17FN2O4S. The summed E-state index contributed by atoms with van der Waals surface area (Å²) in [7, 11) is -4.87. The van der Waals surface area contributed by atoms with Gasteiger partial charge in [-0.1, -0.05) is 18.2 Å². The summed E-state index contributed by atoms with van der Waals surface area (Å²) in [5.74, 6) is 0.0889. The Morgan fingerprint density at radius 3 is 2.74 bits per heavy atom. The molecule has 2 aromatic carbocycles. The van der Waals surface area contributed by atoms with Crippen molar-refractivity contribution < 1.29 is 21.5 Å².